The van der Waals surface area contributed by atoms with Gasteiger partial charge in [0, 0.05) is 0 Å². The van der Waals surface area contributed by atoms with Crippen molar-refractivity contribution in [3.63, 3.8) is 0 Å². The van der Waals surface area contributed by atoms with Gasteiger partial charge in [0.1, 0.15) is 0 Å². The second-order valence-corrected chi connectivity index (χ2v) is 6.67. The number of carboxylic acids is 1. The molecule has 0 saturated heterocycles. The van der Waals surface area contributed by atoms with Gasteiger partial charge in [-0.05, 0) is 61.9 Å². The van der Waals surface area contributed by atoms with Crippen LogP contribution < -0.4 is 0 Å². The van der Waals surface area contributed by atoms with Crippen LogP contribution in [0.5, 0.6) is 0 Å². The van der Waals surface area contributed by atoms with Crippen molar-refractivity contribution in [3.05, 3.63) is 95.8 Å². The molecule has 2 aromatic carbocycles. The number of benzene rings is 2. The van der Waals surface area contributed by atoms with E-state index in [1.807, 2.05) is 36.4 Å². The number of unbranched alkanes of at least 4 members (excludes halogenated alkanes) is 2. The zero-order valence-electron chi connectivity index (χ0n) is 17.9. The molecule has 0 fully saturated rings. The summed E-state index contributed by atoms with van der Waals surface area (Å²) in [6.45, 7) is 4.21. The van der Waals surface area contributed by atoms with Crippen LogP contribution in [0.15, 0.2) is 79.1 Å². The summed E-state index contributed by atoms with van der Waals surface area (Å²) >= 11 is 0. The van der Waals surface area contributed by atoms with Crippen LogP contribution in [0.3, 0.4) is 0 Å². The van der Waals surface area contributed by atoms with E-state index in [4.69, 9.17) is 9.84 Å². The van der Waals surface area contributed by atoms with Crippen molar-refractivity contribution in [1.29, 1.82) is 0 Å². The first-order valence-electron chi connectivity index (χ1n) is 10.5. The number of rotatable bonds is 10. The largest absolute Gasteiger partial charge is 0.478 e. The Labute approximate surface area is 179 Å². The molecular formula is C26H32O4. The van der Waals surface area contributed by atoms with Gasteiger partial charge in [0.25, 0.3) is 0 Å². The highest BCUT2D eigenvalue weighted by Crippen LogP contribution is 2.11. The van der Waals surface area contributed by atoms with Crippen molar-refractivity contribution < 1.29 is 19.4 Å². The zero-order chi connectivity index (χ0) is 22.0. The number of hydrogen-bond donors (Lipinski definition) is 1. The number of allylic oxidation sites excluding steroid dienone is 3. The van der Waals surface area contributed by atoms with E-state index in [2.05, 4.69) is 26.0 Å². The molecule has 0 unspecified atom stereocenters. The number of aromatic carboxylic acids is 1. The first-order chi connectivity index (χ1) is 14.6. The lowest BCUT2D eigenvalue weighted by atomic mass is 10.0. The van der Waals surface area contributed by atoms with E-state index < -0.39 is 5.97 Å². The number of aryl methyl sites for hydroxylation is 1. The number of ether oxygens (including phenoxy) is 1. The van der Waals surface area contributed by atoms with Crippen LogP contribution in [0.25, 0.3) is 0 Å². The first kappa shape index (κ1) is 24.9. The highest BCUT2D eigenvalue weighted by molar-refractivity contribution is 5.90. The second-order valence-electron chi connectivity index (χ2n) is 6.67. The van der Waals surface area contributed by atoms with E-state index in [9.17, 15) is 9.59 Å². The lowest BCUT2D eigenvalue weighted by Gasteiger charge is -2.03. The maximum Gasteiger partial charge on any atom is 0.342 e. The number of esters is 1. The van der Waals surface area contributed by atoms with Crippen molar-refractivity contribution in [2.24, 2.45) is 0 Å². The average Bonchev–Trinajstić information content (AvgIpc) is 2.77. The minimum atomic E-state index is -0.843. The van der Waals surface area contributed by atoms with E-state index in [0.717, 1.165) is 44.1 Å². The Balaban J connectivity index is 0.000000300. The Morgan fingerprint density at radius 1 is 0.900 bits per heavy atom. The SMILES string of the molecule is CC/C=C\CCc1ccccc1C(=O)O.CCCCC=COC(=O)c1ccccc1. The van der Waals surface area contributed by atoms with Gasteiger partial charge in [0.15, 0.2) is 0 Å². The molecule has 0 aliphatic heterocycles. The predicted molar refractivity (Wildman–Crippen MR) is 122 cm³/mol. The zero-order valence-corrected chi connectivity index (χ0v) is 17.9. The molecule has 0 spiro atoms. The lowest BCUT2D eigenvalue weighted by molar-refractivity contribution is 0.0659. The fourth-order valence-electron chi connectivity index (χ4n) is 2.61. The molecule has 0 amide bonds. The quantitative estimate of drug-likeness (QED) is 0.202. The Morgan fingerprint density at radius 2 is 1.60 bits per heavy atom. The molecular weight excluding hydrogens is 376 g/mol. The third-order valence-corrected chi connectivity index (χ3v) is 4.24. The summed E-state index contributed by atoms with van der Waals surface area (Å²) in [5, 5.41) is 8.95. The second kappa shape index (κ2) is 15.7. The highest BCUT2D eigenvalue weighted by atomic mass is 16.5. The molecule has 0 bridgehead atoms. The highest BCUT2D eigenvalue weighted by Gasteiger charge is 2.07. The number of carboxylic acid groups (broad SMARTS) is 1. The van der Waals surface area contributed by atoms with Crippen LogP contribution in [0.1, 0.15) is 72.2 Å². The summed E-state index contributed by atoms with van der Waals surface area (Å²) in [6, 6.07) is 16.2. The molecule has 1 N–H and O–H groups in total. The van der Waals surface area contributed by atoms with Gasteiger partial charge < -0.3 is 9.84 Å². The maximum absolute atomic E-state index is 11.4. The van der Waals surface area contributed by atoms with Gasteiger partial charge in [0.2, 0.25) is 0 Å². The molecule has 160 valence electrons. The van der Waals surface area contributed by atoms with Crippen molar-refractivity contribution in [3.8, 4) is 0 Å². The van der Waals surface area contributed by atoms with Crippen LogP contribution in [0.4, 0.5) is 0 Å². The van der Waals surface area contributed by atoms with Crippen molar-refractivity contribution in [2.75, 3.05) is 0 Å². The van der Waals surface area contributed by atoms with Gasteiger partial charge in [-0.15, -0.1) is 0 Å². The lowest BCUT2D eigenvalue weighted by Crippen LogP contribution is -2.01. The van der Waals surface area contributed by atoms with Gasteiger partial charge in [-0.3, -0.25) is 0 Å². The van der Waals surface area contributed by atoms with E-state index in [1.54, 1.807) is 24.3 Å². The van der Waals surface area contributed by atoms with Crippen molar-refractivity contribution >= 4 is 11.9 Å². The summed E-state index contributed by atoms with van der Waals surface area (Å²) < 4.78 is 4.96. The van der Waals surface area contributed by atoms with Gasteiger partial charge in [-0.1, -0.05) is 68.8 Å². The van der Waals surface area contributed by atoms with Gasteiger partial charge in [0.05, 0.1) is 17.4 Å². The molecule has 0 heterocycles. The number of carbonyl (C=O) groups excluding carboxylic acids is 1. The molecule has 0 radical (unpaired) electrons. The normalized spacial score (nSPS) is 10.6. The Morgan fingerprint density at radius 3 is 2.27 bits per heavy atom. The summed E-state index contributed by atoms with van der Waals surface area (Å²) in [5.41, 5.74) is 1.91. The van der Waals surface area contributed by atoms with Gasteiger partial charge in [-0.25, -0.2) is 9.59 Å². The van der Waals surface area contributed by atoms with Crippen LogP contribution in [0, 0.1) is 0 Å². The molecule has 0 aliphatic rings. The van der Waals surface area contributed by atoms with Crippen LogP contribution in [-0.2, 0) is 11.2 Å². The smallest absolute Gasteiger partial charge is 0.342 e. The summed E-state index contributed by atoms with van der Waals surface area (Å²) in [7, 11) is 0. The number of hydrogen-bond acceptors (Lipinski definition) is 3. The Kier molecular flexibility index (Phi) is 13.1. The summed E-state index contributed by atoms with van der Waals surface area (Å²) in [5.74, 6) is -1.14. The van der Waals surface area contributed by atoms with E-state index in [1.165, 1.54) is 6.26 Å². The van der Waals surface area contributed by atoms with Crippen LogP contribution in [-0.4, -0.2) is 17.0 Å². The molecule has 2 aromatic rings. The van der Waals surface area contributed by atoms with Crippen molar-refractivity contribution in [2.45, 2.75) is 52.4 Å². The van der Waals surface area contributed by atoms with Crippen LogP contribution in [0.2, 0.25) is 0 Å². The fourth-order valence-corrected chi connectivity index (χ4v) is 2.61. The first-order valence-corrected chi connectivity index (χ1v) is 10.5. The Hall–Kier alpha value is -3.14. The molecule has 0 aliphatic carbocycles. The van der Waals surface area contributed by atoms with E-state index >= 15 is 0 Å². The molecule has 0 saturated carbocycles. The summed E-state index contributed by atoms with van der Waals surface area (Å²) in [4.78, 5) is 22.3. The van der Waals surface area contributed by atoms with E-state index in [0.29, 0.717) is 11.1 Å². The minimum absolute atomic E-state index is 0.302. The van der Waals surface area contributed by atoms with Gasteiger partial charge >= 0.3 is 11.9 Å². The van der Waals surface area contributed by atoms with Crippen molar-refractivity contribution in [1.82, 2.24) is 0 Å². The predicted octanol–water partition coefficient (Wildman–Crippen LogP) is 6.83. The molecule has 2 rings (SSSR count). The summed E-state index contributed by atoms with van der Waals surface area (Å²) in [6.07, 6.45) is 13.5. The van der Waals surface area contributed by atoms with Gasteiger partial charge in [-0.2, -0.15) is 0 Å². The Bertz CT molecular complexity index is 807. The molecule has 4 heteroatoms. The molecule has 0 atom stereocenters. The fraction of sp³-hybridized carbons (Fsp3) is 0.308. The average molecular weight is 409 g/mol. The maximum atomic E-state index is 11.4. The minimum Gasteiger partial charge on any atom is -0.478 e. The molecule has 4 nitrogen and oxygen atoms in total. The van der Waals surface area contributed by atoms with E-state index in [-0.39, 0.29) is 5.97 Å². The third kappa shape index (κ3) is 10.4. The standard InChI is InChI=1S/2C13H16O2/c1-2-3-4-8-11-15-13(14)12-9-6-5-7-10-12;1-2-3-4-5-8-11-9-6-7-10-12(11)13(14)15/h5-11H,2-4H2,1H3;3-4,6-7,9-10H,2,5,8H2,1H3,(H,14,15)/b;4-3-. The third-order valence-electron chi connectivity index (χ3n) is 4.24. The molecule has 0 aromatic heterocycles. The van der Waals surface area contributed by atoms with Crippen LogP contribution >= 0.6 is 0 Å². The molecule has 30 heavy (non-hydrogen) atoms. The monoisotopic (exact) mass is 408 g/mol. The number of carbonyl (C=O) groups is 2. The topological polar surface area (TPSA) is 63.6 Å².